The standard InChI is InChI=1S/C9H12BrNO/c10-3-1-8-5-11(6-8)9-2-4-12-7-9/h8-9H,2,4-7H2. The number of hydrogen-bond acceptors (Lipinski definition) is 2. The maximum atomic E-state index is 5.32. The van der Waals surface area contributed by atoms with E-state index in [-0.39, 0.29) is 0 Å². The highest BCUT2D eigenvalue weighted by atomic mass is 79.9. The van der Waals surface area contributed by atoms with E-state index < -0.39 is 0 Å². The summed E-state index contributed by atoms with van der Waals surface area (Å²) in [5.41, 5.74) is 0. The molecule has 0 aromatic carbocycles. The van der Waals surface area contributed by atoms with Crippen LogP contribution in [0, 0.1) is 16.7 Å². The van der Waals surface area contributed by atoms with Crippen LogP contribution in [0.15, 0.2) is 0 Å². The molecule has 2 fully saturated rings. The fourth-order valence-electron chi connectivity index (χ4n) is 1.79. The van der Waals surface area contributed by atoms with Gasteiger partial charge in [-0.3, -0.25) is 4.90 Å². The molecule has 0 aromatic heterocycles. The third kappa shape index (κ3) is 1.66. The Balaban J connectivity index is 1.75. The zero-order valence-electron chi connectivity index (χ0n) is 6.92. The molecule has 0 aliphatic carbocycles. The Morgan fingerprint density at radius 2 is 2.25 bits per heavy atom. The van der Waals surface area contributed by atoms with E-state index in [1.54, 1.807) is 0 Å². The van der Waals surface area contributed by atoms with Gasteiger partial charge >= 0.3 is 0 Å². The molecule has 2 rings (SSSR count). The summed E-state index contributed by atoms with van der Waals surface area (Å²) in [4.78, 5) is 5.25. The summed E-state index contributed by atoms with van der Waals surface area (Å²) in [6, 6.07) is 0.679. The van der Waals surface area contributed by atoms with Crippen LogP contribution in [0.2, 0.25) is 0 Å². The van der Waals surface area contributed by atoms with Crippen LogP contribution in [-0.2, 0) is 4.74 Å². The molecule has 0 radical (unpaired) electrons. The SMILES string of the molecule is BrC#CC1CN(C2CCOC2)C1. The summed E-state index contributed by atoms with van der Waals surface area (Å²) < 4.78 is 5.32. The normalized spacial score (nSPS) is 30.9. The molecule has 2 nitrogen and oxygen atoms in total. The van der Waals surface area contributed by atoms with Gasteiger partial charge in [-0.2, -0.15) is 0 Å². The van der Waals surface area contributed by atoms with Gasteiger partial charge in [0.15, 0.2) is 0 Å². The highest BCUT2D eigenvalue weighted by Gasteiger charge is 2.32. The van der Waals surface area contributed by atoms with Gasteiger partial charge in [0.25, 0.3) is 0 Å². The van der Waals surface area contributed by atoms with Gasteiger partial charge in [0.2, 0.25) is 0 Å². The molecule has 2 aliphatic heterocycles. The summed E-state index contributed by atoms with van der Waals surface area (Å²) in [5.74, 6) is 3.71. The number of halogens is 1. The molecule has 1 atom stereocenters. The van der Waals surface area contributed by atoms with Crippen LogP contribution in [0.3, 0.4) is 0 Å². The molecule has 2 saturated heterocycles. The van der Waals surface area contributed by atoms with Crippen molar-refractivity contribution in [2.45, 2.75) is 12.5 Å². The lowest BCUT2D eigenvalue weighted by Gasteiger charge is -2.40. The summed E-state index contributed by atoms with van der Waals surface area (Å²) in [7, 11) is 0. The molecular weight excluding hydrogens is 218 g/mol. The van der Waals surface area contributed by atoms with Crippen molar-refractivity contribution >= 4 is 15.9 Å². The van der Waals surface area contributed by atoms with Crippen LogP contribution in [0.4, 0.5) is 0 Å². The number of ether oxygens (including phenoxy) is 1. The van der Waals surface area contributed by atoms with Gasteiger partial charge in [-0.15, -0.1) is 0 Å². The summed E-state index contributed by atoms with van der Waals surface area (Å²) in [6.45, 7) is 4.13. The molecular formula is C9H12BrNO. The lowest BCUT2D eigenvalue weighted by molar-refractivity contribution is 0.0694. The molecule has 66 valence electrons. The predicted molar refractivity (Wildman–Crippen MR) is 51.0 cm³/mol. The van der Waals surface area contributed by atoms with Crippen molar-refractivity contribution < 1.29 is 4.74 Å². The Bertz CT molecular complexity index is 208. The minimum absolute atomic E-state index is 0.588. The van der Waals surface area contributed by atoms with Crippen LogP contribution < -0.4 is 0 Å². The van der Waals surface area contributed by atoms with Crippen molar-refractivity contribution in [3.63, 3.8) is 0 Å². The van der Waals surface area contributed by atoms with Crippen molar-refractivity contribution in [3.8, 4) is 10.8 Å². The van der Waals surface area contributed by atoms with Gasteiger partial charge in [-0.25, -0.2) is 0 Å². The second kappa shape index (κ2) is 3.78. The van der Waals surface area contributed by atoms with E-state index in [1.165, 1.54) is 6.42 Å². The third-order valence-electron chi connectivity index (χ3n) is 2.59. The van der Waals surface area contributed by atoms with Crippen LogP contribution in [-0.4, -0.2) is 37.2 Å². The first kappa shape index (κ1) is 8.55. The Morgan fingerprint density at radius 3 is 2.83 bits per heavy atom. The van der Waals surface area contributed by atoms with E-state index in [1.807, 2.05) is 0 Å². The van der Waals surface area contributed by atoms with Crippen molar-refractivity contribution in [1.82, 2.24) is 4.90 Å². The summed E-state index contributed by atoms with van der Waals surface area (Å²) in [6.07, 6.45) is 1.20. The average molecular weight is 230 g/mol. The van der Waals surface area contributed by atoms with Gasteiger partial charge in [-0.1, -0.05) is 5.92 Å². The van der Waals surface area contributed by atoms with E-state index in [9.17, 15) is 0 Å². The van der Waals surface area contributed by atoms with Crippen LogP contribution in [0.25, 0.3) is 0 Å². The molecule has 0 amide bonds. The first-order valence-electron chi connectivity index (χ1n) is 4.33. The van der Waals surface area contributed by atoms with Crippen LogP contribution in [0.1, 0.15) is 6.42 Å². The first-order chi connectivity index (χ1) is 5.90. The van der Waals surface area contributed by atoms with Gasteiger partial charge < -0.3 is 4.74 Å². The maximum absolute atomic E-state index is 5.32. The molecule has 0 bridgehead atoms. The van der Waals surface area contributed by atoms with Crippen molar-refractivity contribution in [2.75, 3.05) is 26.3 Å². The zero-order valence-corrected chi connectivity index (χ0v) is 8.51. The second-order valence-corrected chi connectivity index (χ2v) is 3.80. The summed E-state index contributed by atoms with van der Waals surface area (Å²) in [5, 5.41) is 0. The minimum Gasteiger partial charge on any atom is -0.380 e. The lowest BCUT2D eigenvalue weighted by atomic mass is 9.98. The molecule has 3 heteroatoms. The smallest absolute Gasteiger partial charge is 0.0622 e. The molecule has 0 saturated carbocycles. The van der Waals surface area contributed by atoms with Crippen molar-refractivity contribution in [3.05, 3.63) is 0 Å². The molecule has 2 aliphatic rings. The van der Waals surface area contributed by atoms with Gasteiger partial charge in [0, 0.05) is 47.6 Å². The number of hydrogen-bond donors (Lipinski definition) is 0. The Hall–Kier alpha value is -0.0400. The Morgan fingerprint density at radius 1 is 1.42 bits per heavy atom. The molecule has 0 N–H and O–H groups in total. The van der Waals surface area contributed by atoms with E-state index in [0.29, 0.717) is 12.0 Å². The second-order valence-electron chi connectivity index (χ2n) is 3.41. The van der Waals surface area contributed by atoms with Crippen molar-refractivity contribution in [2.24, 2.45) is 5.92 Å². The Kier molecular flexibility index (Phi) is 2.69. The number of likely N-dealkylation sites (tertiary alicyclic amines) is 1. The Labute approximate surface area is 81.4 Å². The van der Waals surface area contributed by atoms with Crippen molar-refractivity contribution in [1.29, 1.82) is 0 Å². The highest BCUT2D eigenvalue weighted by molar-refractivity contribution is 9.12. The lowest BCUT2D eigenvalue weighted by Crippen LogP contribution is -2.51. The quantitative estimate of drug-likeness (QED) is 0.624. The zero-order chi connectivity index (χ0) is 8.39. The monoisotopic (exact) mass is 229 g/mol. The molecule has 0 aromatic rings. The van der Waals surface area contributed by atoms with Gasteiger partial charge in [0.1, 0.15) is 0 Å². The van der Waals surface area contributed by atoms with E-state index in [4.69, 9.17) is 4.74 Å². The molecule has 2 heterocycles. The predicted octanol–water partition coefficient (Wildman–Crippen LogP) is 1.06. The highest BCUT2D eigenvalue weighted by Crippen LogP contribution is 2.22. The van der Waals surface area contributed by atoms with E-state index in [0.717, 1.165) is 26.3 Å². The third-order valence-corrected chi connectivity index (χ3v) is 2.82. The summed E-state index contributed by atoms with van der Waals surface area (Å²) >= 11 is 3.12. The minimum atomic E-state index is 0.588. The van der Waals surface area contributed by atoms with E-state index in [2.05, 4.69) is 31.6 Å². The van der Waals surface area contributed by atoms with Gasteiger partial charge in [-0.05, 0) is 11.3 Å². The number of nitrogens with zero attached hydrogens (tertiary/aromatic N) is 1. The van der Waals surface area contributed by atoms with E-state index >= 15 is 0 Å². The fourth-order valence-corrected chi connectivity index (χ4v) is 2.11. The average Bonchev–Trinajstić information content (AvgIpc) is 2.47. The fraction of sp³-hybridized carbons (Fsp3) is 0.778. The molecule has 0 spiro atoms. The maximum Gasteiger partial charge on any atom is 0.0622 e. The largest absolute Gasteiger partial charge is 0.380 e. The van der Waals surface area contributed by atoms with Crippen LogP contribution >= 0.6 is 15.9 Å². The topological polar surface area (TPSA) is 12.5 Å². The van der Waals surface area contributed by atoms with Crippen LogP contribution in [0.5, 0.6) is 0 Å². The van der Waals surface area contributed by atoms with Gasteiger partial charge in [0.05, 0.1) is 6.61 Å². The molecule has 12 heavy (non-hydrogen) atoms. The molecule has 1 unspecified atom stereocenters. The first-order valence-corrected chi connectivity index (χ1v) is 5.12. The number of rotatable bonds is 1.